The molecule has 0 heterocycles. The molecule has 0 spiro atoms. The molecule has 0 aliphatic carbocycles. The molecule has 2 nitrogen and oxygen atoms in total. The van der Waals surface area contributed by atoms with Gasteiger partial charge in [0.25, 0.3) is 0 Å². The van der Waals surface area contributed by atoms with Gasteiger partial charge < -0.3 is 10.5 Å². The standard InChI is InChI=1S/C15H13F4NO/c1-9-2-3-11(8-13(9)16)14(20)10-4-6-12(7-5-10)21-15(17,18)19/h2-8,14H,20H2,1H3. The Bertz CT molecular complexity index is 623. The van der Waals surface area contributed by atoms with Gasteiger partial charge in [-0.1, -0.05) is 24.3 Å². The minimum Gasteiger partial charge on any atom is -0.406 e. The summed E-state index contributed by atoms with van der Waals surface area (Å²) in [5.41, 5.74) is 7.59. The van der Waals surface area contributed by atoms with Gasteiger partial charge in [-0.2, -0.15) is 0 Å². The van der Waals surface area contributed by atoms with Gasteiger partial charge >= 0.3 is 6.36 Å². The Balaban J connectivity index is 2.19. The van der Waals surface area contributed by atoms with Crippen LogP contribution in [-0.4, -0.2) is 6.36 Å². The van der Waals surface area contributed by atoms with E-state index in [9.17, 15) is 17.6 Å². The third kappa shape index (κ3) is 3.95. The van der Waals surface area contributed by atoms with Crippen molar-refractivity contribution in [3.05, 3.63) is 65.0 Å². The summed E-state index contributed by atoms with van der Waals surface area (Å²) in [6, 6.07) is 9.17. The first-order valence-electron chi connectivity index (χ1n) is 6.13. The first-order valence-corrected chi connectivity index (χ1v) is 6.13. The van der Waals surface area contributed by atoms with Gasteiger partial charge in [-0.05, 0) is 41.8 Å². The molecule has 0 aliphatic heterocycles. The number of aryl methyl sites for hydroxylation is 1. The van der Waals surface area contributed by atoms with Crippen LogP contribution in [0.15, 0.2) is 42.5 Å². The van der Waals surface area contributed by atoms with E-state index in [1.54, 1.807) is 19.1 Å². The van der Waals surface area contributed by atoms with Crippen LogP contribution in [0.2, 0.25) is 0 Å². The molecule has 6 heteroatoms. The smallest absolute Gasteiger partial charge is 0.406 e. The molecule has 1 atom stereocenters. The lowest BCUT2D eigenvalue weighted by atomic mass is 9.98. The monoisotopic (exact) mass is 299 g/mol. The van der Waals surface area contributed by atoms with Crippen molar-refractivity contribution in [1.82, 2.24) is 0 Å². The molecule has 0 aliphatic rings. The Morgan fingerprint density at radius 2 is 1.57 bits per heavy atom. The van der Waals surface area contributed by atoms with E-state index >= 15 is 0 Å². The largest absolute Gasteiger partial charge is 0.573 e. The van der Waals surface area contributed by atoms with E-state index in [1.807, 2.05) is 0 Å². The van der Waals surface area contributed by atoms with Gasteiger partial charge in [0.1, 0.15) is 11.6 Å². The van der Waals surface area contributed by atoms with Gasteiger partial charge in [-0.3, -0.25) is 0 Å². The molecule has 0 fully saturated rings. The first kappa shape index (κ1) is 15.3. The van der Waals surface area contributed by atoms with Crippen LogP contribution < -0.4 is 10.5 Å². The fourth-order valence-corrected chi connectivity index (χ4v) is 1.87. The number of alkyl halides is 3. The van der Waals surface area contributed by atoms with Crippen LogP contribution in [-0.2, 0) is 0 Å². The average molecular weight is 299 g/mol. The lowest BCUT2D eigenvalue weighted by Crippen LogP contribution is -2.17. The van der Waals surface area contributed by atoms with Gasteiger partial charge in [-0.25, -0.2) is 4.39 Å². The van der Waals surface area contributed by atoms with Crippen LogP contribution in [0, 0.1) is 12.7 Å². The zero-order valence-electron chi connectivity index (χ0n) is 11.1. The maximum Gasteiger partial charge on any atom is 0.573 e. The molecular formula is C15H13F4NO. The Morgan fingerprint density at radius 3 is 2.10 bits per heavy atom. The average Bonchev–Trinajstić information content (AvgIpc) is 2.40. The van der Waals surface area contributed by atoms with Gasteiger partial charge in [0.2, 0.25) is 0 Å². The summed E-state index contributed by atoms with van der Waals surface area (Å²) in [7, 11) is 0. The molecule has 0 aromatic heterocycles. The van der Waals surface area contributed by atoms with E-state index < -0.39 is 12.4 Å². The van der Waals surface area contributed by atoms with E-state index in [0.717, 1.165) is 0 Å². The summed E-state index contributed by atoms with van der Waals surface area (Å²) < 4.78 is 53.5. The van der Waals surface area contributed by atoms with Gasteiger partial charge in [0.15, 0.2) is 0 Å². The quantitative estimate of drug-likeness (QED) is 0.867. The second-order valence-electron chi connectivity index (χ2n) is 4.60. The highest BCUT2D eigenvalue weighted by Crippen LogP contribution is 2.26. The Morgan fingerprint density at radius 1 is 1.00 bits per heavy atom. The Labute approximate surface area is 119 Å². The topological polar surface area (TPSA) is 35.2 Å². The second kappa shape index (κ2) is 5.73. The predicted molar refractivity (Wildman–Crippen MR) is 70.3 cm³/mol. The number of rotatable bonds is 3. The molecular weight excluding hydrogens is 286 g/mol. The molecule has 0 saturated heterocycles. The molecule has 2 rings (SSSR count). The van der Waals surface area contributed by atoms with Crippen molar-refractivity contribution in [1.29, 1.82) is 0 Å². The van der Waals surface area contributed by atoms with Crippen molar-refractivity contribution in [3.63, 3.8) is 0 Å². The van der Waals surface area contributed by atoms with E-state index in [-0.39, 0.29) is 11.6 Å². The maximum absolute atomic E-state index is 13.5. The minimum absolute atomic E-state index is 0.325. The van der Waals surface area contributed by atoms with Crippen LogP contribution in [0.5, 0.6) is 5.75 Å². The van der Waals surface area contributed by atoms with Crippen LogP contribution in [0.3, 0.4) is 0 Å². The maximum atomic E-state index is 13.5. The molecule has 0 radical (unpaired) electrons. The summed E-state index contributed by atoms with van der Waals surface area (Å²) in [6.07, 6.45) is -4.73. The van der Waals surface area contributed by atoms with Crippen molar-refractivity contribution in [2.45, 2.75) is 19.3 Å². The van der Waals surface area contributed by atoms with E-state index in [4.69, 9.17) is 5.73 Å². The zero-order chi connectivity index (χ0) is 15.6. The molecule has 0 bridgehead atoms. The number of ether oxygens (including phenoxy) is 1. The fourth-order valence-electron chi connectivity index (χ4n) is 1.87. The molecule has 112 valence electrons. The molecule has 21 heavy (non-hydrogen) atoms. The SMILES string of the molecule is Cc1ccc(C(N)c2ccc(OC(F)(F)F)cc2)cc1F. The van der Waals surface area contributed by atoms with Gasteiger partial charge in [0, 0.05) is 0 Å². The minimum atomic E-state index is -4.73. The fraction of sp³-hybridized carbons (Fsp3) is 0.200. The van der Waals surface area contributed by atoms with Crippen molar-refractivity contribution in [2.24, 2.45) is 5.73 Å². The lowest BCUT2D eigenvalue weighted by molar-refractivity contribution is -0.274. The third-order valence-corrected chi connectivity index (χ3v) is 3.03. The normalized spacial score (nSPS) is 13.0. The highest BCUT2D eigenvalue weighted by molar-refractivity contribution is 5.36. The Kier molecular flexibility index (Phi) is 4.18. The Hall–Kier alpha value is -2.08. The highest BCUT2D eigenvalue weighted by atomic mass is 19.4. The summed E-state index contributed by atoms with van der Waals surface area (Å²) in [6.45, 7) is 1.63. The lowest BCUT2D eigenvalue weighted by Gasteiger charge is -2.14. The van der Waals surface area contributed by atoms with E-state index in [2.05, 4.69) is 4.74 Å². The van der Waals surface area contributed by atoms with E-state index in [0.29, 0.717) is 16.7 Å². The summed E-state index contributed by atoms with van der Waals surface area (Å²) >= 11 is 0. The van der Waals surface area contributed by atoms with Gasteiger partial charge in [0.05, 0.1) is 6.04 Å². The first-order chi connectivity index (χ1) is 9.76. The van der Waals surface area contributed by atoms with Crippen LogP contribution in [0.25, 0.3) is 0 Å². The number of hydrogen-bond acceptors (Lipinski definition) is 2. The molecule has 2 N–H and O–H groups in total. The highest BCUT2D eigenvalue weighted by Gasteiger charge is 2.31. The summed E-state index contributed by atoms with van der Waals surface area (Å²) in [4.78, 5) is 0. The van der Waals surface area contributed by atoms with Crippen molar-refractivity contribution < 1.29 is 22.3 Å². The number of benzene rings is 2. The molecule has 1 unspecified atom stereocenters. The molecule has 0 saturated carbocycles. The van der Waals surface area contributed by atoms with Crippen LogP contribution in [0.1, 0.15) is 22.7 Å². The van der Waals surface area contributed by atoms with Crippen LogP contribution >= 0.6 is 0 Å². The zero-order valence-corrected chi connectivity index (χ0v) is 11.1. The van der Waals surface area contributed by atoms with Crippen molar-refractivity contribution >= 4 is 0 Å². The van der Waals surface area contributed by atoms with Crippen molar-refractivity contribution in [2.75, 3.05) is 0 Å². The second-order valence-corrected chi connectivity index (χ2v) is 4.60. The van der Waals surface area contributed by atoms with Gasteiger partial charge in [-0.15, -0.1) is 13.2 Å². The number of nitrogens with two attached hydrogens (primary N) is 1. The molecule has 2 aromatic rings. The van der Waals surface area contributed by atoms with Crippen LogP contribution in [0.4, 0.5) is 17.6 Å². The van der Waals surface area contributed by atoms with Crippen molar-refractivity contribution in [3.8, 4) is 5.75 Å². The predicted octanol–water partition coefficient (Wildman–Crippen LogP) is 4.08. The summed E-state index contributed by atoms with van der Waals surface area (Å²) in [5.74, 6) is -0.700. The number of halogens is 4. The summed E-state index contributed by atoms with van der Waals surface area (Å²) in [5, 5.41) is 0. The molecule has 0 amide bonds. The van der Waals surface area contributed by atoms with E-state index in [1.165, 1.54) is 30.3 Å². The third-order valence-electron chi connectivity index (χ3n) is 3.03. The number of hydrogen-bond donors (Lipinski definition) is 1. The molecule has 2 aromatic carbocycles.